The number of sulfonamides is 1. The minimum absolute atomic E-state index is 0.158. The van der Waals surface area contributed by atoms with E-state index < -0.39 is 10.0 Å². The van der Waals surface area contributed by atoms with Gasteiger partial charge < -0.3 is 0 Å². The highest BCUT2D eigenvalue weighted by atomic mass is 32.2. The van der Waals surface area contributed by atoms with E-state index in [1.54, 1.807) is 5.38 Å². The fourth-order valence-electron chi connectivity index (χ4n) is 2.06. The Balaban J connectivity index is 2.08. The van der Waals surface area contributed by atoms with E-state index in [1.165, 1.54) is 6.92 Å². The quantitative estimate of drug-likeness (QED) is 0.863. The van der Waals surface area contributed by atoms with Crippen LogP contribution in [0.4, 0.5) is 5.13 Å². The fraction of sp³-hybridized carbons (Fsp3) is 0.636. The van der Waals surface area contributed by atoms with Gasteiger partial charge in [-0.25, -0.2) is 13.4 Å². The fourth-order valence-corrected chi connectivity index (χ4v) is 4.61. The molecule has 0 aromatic carbocycles. The summed E-state index contributed by atoms with van der Waals surface area (Å²) >= 11 is 1.15. The van der Waals surface area contributed by atoms with E-state index in [2.05, 4.69) is 9.71 Å². The number of nitrogens with one attached hydrogen (secondary N) is 1. The van der Waals surface area contributed by atoms with Crippen molar-refractivity contribution in [3.8, 4) is 0 Å². The van der Waals surface area contributed by atoms with Gasteiger partial charge in [0, 0.05) is 12.3 Å². The second-order valence-corrected chi connectivity index (χ2v) is 7.32. The first-order valence-corrected chi connectivity index (χ1v) is 8.40. The van der Waals surface area contributed by atoms with Crippen LogP contribution in [0, 0.1) is 0 Å². The topological polar surface area (TPSA) is 76.1 Å². The summed E-state index contributed by atoms with van der Waals surface area (Å²) in [5.41, 5.74) is 0.307. The molecular weight excluding hydrogens is 272 g/mol. The van der Waals surface area contributed by atoms with Gasteiger partial charge in [0.2, 0.25) is 10.0 Å². The number of hydrogen-bond donors (Lipinski definition) is 1. The molecule has 0 atom stereocenters. The molecule has 1 saturated carbocycles. The van der Waals surface area contributed by atoms with Gasteiger partial charge in [-0.15, -0.1) is 11.3 Å². The van der Waals surface area contributed by atoms with Gasteiger partial charge in [-0.2, -0.15) is 0 Å². The maximum absolute atomic E-state index is 12.1. The molecule has 1 aliphatic rings. The standard InChI is InChI=1S/C11H16N2O3S2/c1-8(14)10-7-17-11(12-10)13-18(15,16)9-5-3-2-4-6-9/h7,9H,2-6H2,1H3,(H,12,13). The second-order valence-electron chi connectivity index (χ2n) is 4.50. The molecule has 1 N–H and O–H groups in total. The summed E-state index contributed by atoms with van der Waals surface area (Å²) in [7, 11) is -3.36. The van der Waals surface area contributed by atoms with Crippen molar-refractivity contribution in [2.24, 2.45) is 0 Å². The highest BCUT2D eigenvalue weighted by Gasteiger charge is 2.28. The van der Waals surface area contributed by atoms with E-state index in [0.717, 1.165) is 30.6 Å². The van der Waals surface area contributed by atoms with Crippen molar-refractivity contribution in [2.75, 3.05) is 4.72 Å². The zero-order valence-electron chi connectivity index (χ0n) is 10.2. The summed E-state index contributed by atoms with van der Waals surface area (Å²) in [6, 6.07) is 0. The zero-order valence-corrected chi connectivity index (χ0v) is 11.8. The number of ketones is 1. The summed E-state index contributed by atoms with van der Waals surface area (Å²) in [5.74, 6) is -0.158. The third kappa shape index (κ3) is 3.08. The van der Waals surface area contributed by atoms with Crippen LogP contribution in [0.5, 0.6) is 0 Å². The van der Waals surface area contributed by atoms with Crippen LogP contribution in [0.15, 0.2) is 5.38 Å². The van der Waals surface area contributed by atoms with Gasteiger partial charge >= 0.3 is 0 Å². The van der Waals surface area contributed by atoms with Gasteiger partial charge in [-0.3, -0.25) is 9.52 Å². The summed E-state index contributed by atoms with van der Waals surface area (Å²) in [6.45, 7) is 1.41. The molecule has 1 aliphatic carbocycles. The van der Waals surface area contributed by atoms with Crippen LogP contribution < -0.4 is 4.72 Å². The average Bonchev–Trinajstić information content (AvgIpc) is 2.78. The number of carbonyl (C=O) groups excluding carboxylic acids is 1. The number of rotatable bonds is 4. The highest BCUT2D eigenvalue weighted by molar-refractivity contribution is 7.93. The molecule has 0 spiro atoms. The maximum atomic E-state index is 12.1. The molecular formula is C11H16N2O3S2. The Morgan fingerprint density at radius 1 is 1.39 bits per heavy atom. The van der Waals surface area contributed by atoms with Crippen molar-refractivity contribution in [2.45, 2.75) is 44.3 Å². The van der Waals surface area contributed by atoms with E-state index in [0.29, 0.717) is 18.5 Å². The van der Waals surface area contributed by atoms with Crippen LogP contribution in [0.25, 0.3) is 0 Å². The average molecular weight is 288 g/mol. The lowest BCUT2D eigenvalue weighted by Crippen LogP contribution is -2.29. The molecule has 0 aliphatic heterocycles. The first-order valence-electron chi connectivity index (χ1n) is 5.97. The van der Waals surface area contributed by atoms with E-state index in [1.807, 2.05) is 0 Å². The maximum Gasteiger partial charge on any atom is 0.237 e. The van der Waals surface area contributed by atoms with E-state index in [-0.39, 0.29) is 16.2 Å². The van der Waals surface area contributed by atoms with Gasteiger partial charge in [0.15, 0.2) is 10.9 Å². The predicted molar refractivity (Wildman–Crippen MR) is 71.5 cm³/mol. The number of thiazole rings is 1. The number of anilines is 1. The SMILES string of the molecule is CC(=O)c1csc(NS(=O)(=O)C2CCCCC2)n1. The molecule has 18 heavy (non-hydrogen) atoms. The molecule has 1 aromatic rings. The molecule has 100 valence electrons. The molecule has 7 heteroatoms. The number of nitrogens with zero attached hydrogens (tertiary/aromatic N) is 1. The molecule has 0 unspecified atom stereocenters. The molecule has 0 amide bonds. The highest BCUT2D eigenvalue weighted by Crippen LogP contribution is 2.26. The van der Waals surface area contributed by atoms with Gasteiger partial charge in [-0.05, 0) is 12.8 Å². The van der Waals surface area contributed by atoms with E-state index in [4.69, 9.17) is 0 Å². The molecule has 1 fully saturated rings. The number of Topliss-reactive ketones (excluding diaryl/α,β-unsaturated/α-hetero) is 1. The van der Waals surface area contributed by atoms with E-state index >= 15 is 0 Å². The first kappa shape index (κ1) is 13.5. The van der Waals surface area contributed by atoms with Crippen LogP contribution >= 0.6 is 11.3 Å². The molecule has 0 saturated heterocycles. The van der Waals surface area contributed by atoms with Crippen molar-refractivity contribution >= 4 is 32.3 Å². The van der Waals surface area contributed by atoms with Crippen molar-refractivity contribution < 1.29 is 13.2 Å². The Morgan fingerprint density at radius 3 is 2.61 bits per heavy atom. The van der Waals surface area contributed by atoms with Crippen molar-refractivity contribution in [3.05, 3.63) is 11.1 Å². The lowest BCUT2D eigenvalue weighted by atomic mass is 10.0. The Hall–Kier alpha value is -0.950. The van der Waals surface area contributed by atoms with Gasteiger partial charge in [0.1, 0.15) is 5.69 Å². The summed E-state index contributed by atoms with van der Waals surface area (Å²) < 4.78 is 26.7. The van der Waals surface area contributed by atoms with Gasteiger partial charge in [-0.1, -0.05) is 19.3 Å². The molecule has 1 aromatic heterocycles. The smallest absolute Gasteiger partial charge is 0.237 e. The minimum atomic E-state index is -3.36. The van der Waals surface area contributed by atoms with Crippen molar-refractivity contribution in [1.82, 2.24) is 4.98 Å². The molecule has 0 bridgehead atoms. The van der Waals surface area contributed by atoms with Crippen LogP contribution in [-0.4, -0.2) is 24.4 Å². The summed E-state index contributed by atoms with van der Waals surface area (Å²) in [5, 5.41) is 1.53. The Morgan fingerprint density at radius 2 is 2.06 bits per heavy atom. The van der Waals surface area contributed by atoms with Gasteiger partial charge in [0.25, 0.3) is 0 Å². The van der Waals surface area contributed by atoms with Crippen molar-refractivity contribution in [3.63, 3.8) is 0 Å². The van der Waals surface area contributed by atoms with Crippen LogP contribution in [0.2, 0.25) is 0 Å². The third-order valence-corrected chi connectivity index (χ3v) is 5.80. The number of hydrogen-bond acceptors (Lipinski definition) is 5. The monoisotopic (exact) mass is 288 g/mol. The number of aromatic nitrogens is 1. The third-order valence-electron chi connectivity index (χ3n) is 3.09. The first-order chi connectivity index (χ1) is 8.49. The summed E-state index contributed by atoms with van der Waals surface area (Å²) in [4.78, 5) is 15.1. The summed E-state index contributed by atoms with van der Waals surface area (Å²) in [6.07, 6.45) is 4.45. The minimum Gasteiger partial charge on any atom is -0.293 e. The molecule has 5 nitrogen and oxygen atoms in total. The molecule has 0 radical (unpaired) electrons. The van der Waals surface area contributed by atoms with Crippen LogP contribution in [0.3, 0.4) is 0 Å². The van der Waals surface area contributed by atoms with Gasteiger partial charge in [0.05, 0.1) is 5.25 Å². The Bertz CT molecular complexity index is 530. The van der Waals surface area contributed by atoms with Crippen LogP contribution in [0.1, 0.15) is 49.5 Å². The number of carbonyl (C=O) groups is 1. The molecule has 1 heterocycles. The zero-order chi connectivity index (χ0) is 13.2. The lowest BCUT2D eigenvalue weighted by molar-refractivity contribution is 0.101. The largest absolute Gasteiger partial charge is 0.293 e. The van der Waals surface area contributed by atoms with Crippen molar-refractivity contribution in [1.29, 1.82) is 0 Å². The lowest BCUT2D eigenvalue weighted by Gasteiger charge is -2.21. The second kappa shape index (κ2) is 5.36. The predicted octanol–water partition coefficient (Wildman–Crippen LogP) is 2.42. The molecule has 2 rings (SSSR count). The normalized spacial score (nSPS) is 17.6. The Labute approximate surface area is 111 Å². The Kier molecular flexibility index (Phi) is 4.01. The van der Waals surface area contributed by atoms with E-state index in [9.17, 15) is 13.2 Å². The van der Waals surface area contributed by atoms with Crippen LogP contribution in [-0.2, 0) is 10.0 Å².